The molecule has 1 aliphatic carbocycles. The van der Waals surface area contributed by atoms with Gasteiger partial charge in [-0.2, -0.15) is 0 Å². The third-order valence-electron chi connectivity index (χ3n) is 3.75. The Morgan fingerprint density at radius 2 is 1.88 bits per heavy atom. The zero-order chi connectivity index (χ0) is 12.9. The maximum atomic E-state index is 11.5. The molecule has 1 fully saturated rings. The first-order valence-electron chi connectivity index (χ1n) is 6.89. The van der Waals surface area contributed by atoms with Crippen LogP contribution in [-0.2, 0) is 0 Å². The smallest absolute Gasteiger partial charge is 0.314 e. The second kappa shape index (κ2) is 5.74. The minimum Gasteiger partial charge on any atom is -0.338 e. The summed E-state index contributed by atoms with van der Waals surface area (Å²) in [6.45, 7) is 10.6. The molecule has 0 aromatic rings. The maximum Gasteiger partial charge on any atom is 0.314 e. The lowest BCUT2D eigenvalue weighted by Crippen LogP contribution is -2.44. The van der Waals surface area contributed by atoms with Gasteiger partial charge < -0.3 is 10.6 Å². The number of hydrogen-bond donors (Lipinski definition) is 2. The van der Waals surface area contributed by atoms with Crippen LogP contribution < -0.4 is 10.6 Å². The average Bonchev–Trinajstić information content (AvgIpc) is 2.22. The summed E-state index contributed by atoms with van der Waals surface area (Å²) in [4.78, 5) is 11.5. The Morgan fingerprint density at radius 3 is 2.47 bits per heavy atom. The summed E-state index contributed by atoms with van der Waals surface area (Å²) < 4.78 is 0. The fraction of sp³-hybridized carbons (Fsp3) is 0.929. The first-order valence-corrected chi connectivity index (χ1v) is 6.89. The number of rotatable bonds is 4. The largest absolute Gasteiger partial charge is 0.338 e. The molecule has 0 aromatic carbocycles. The maximum absolute atomic E-state index is 11.5. The second-order valence-electron chi connectivity index (χ2n) is 6.61. The molecular formula is C14H28N2O. The van der Waals surface area contributed by atoms with Gasteiger partial charge in [-0.15, -0.1) is 0 Å². The van der Waals surface area contributed by atoms with Crippen molar-refractivity contribution in [1.29, 1.82) is 0 Å². The molecule has 1 unspecified atom stereocenters. The van der Waals surface area contributed by atoms with Gasteiger partial charge in [0.1, 0.15) is 0 Å². The first-order chi connectivity index (χ1) is 7.87. The van der Waals surface area contributed by atoms with Crippen LogP contribution in [0.2, 0.25) is 0 Å². The highest BCUT2D eigenvalue weighted by molar-refractivity contribution is 5.73. The van der Waals surface area contributed by atoms with Gasteiger partial charge in [0.15, 0.2) is 0 Å². The van der Waals surface area contributed by atoms with Gasteiger partial charge in [0.25, 0.3) is 0 Å². The van der Waals surface area contributed by atoms with E-state index in [9.17, 15) is 4.79 Å². The van der Waals surface area contributed by atoms with Gasteiger partial charge in [-0.05, 0) is 36.5 Å². The quantitative estimate of drug-likeness (QED) is 0.777. The zero-order valence-electron chi connectivity index (χ0n) is 11.9. The van der Waals surface area contributed by atoms with Crippen LogP contribution in [0, 0.1) is 10.8 Å². The van der Waals surface area contributed by atoms with E-state index in [4.69, 9.17) is 0 Å². The Morgan fingerprint density at radius 1 is 1.18 bits per heavy atom. The van der Waals surface area contributed by atoms with Crippen LogP contribution in [0.25, 0.3) is 0 Å². The highest BCUT2D eigenvalue weighted by atomic mass is 16.2. The van der Waals surface area contributed by atoms with Crippen LogP contribution in [0.1, 0.15) is 59.8 Å². The molecule has 0 bridgehead atoms. The Kier molecular flexibility index (Phi) is 4.84. The van der Waals surface area contributed by atoms with E-state index in [-0.39, 0.29) is 11.4 Å². The predicted octanol–water partition coefficient (Wildman–Crippen LogP) is 3.30. The average molecular weight is 240 g/mol. The van der Waals surface area contributed by atoms with Crippen LogP contribution >= 0.6 is 0 Å². The number of urea groups is 1. The van der Waals surface area contributed by atoms with E-state index in [1.807, 2.05) is 0 Å². The molecule has 0 radical (unpaired) electrons. The molecule has 1 rings (SSSR count). The molecule has 100 valence electrons. The molecule has 2 amide bonds. The van der Waals surface area contributed by atoms with Crippen molar-refractivity contribution in [3.63, 3.8) is 0 Å². The summed E-state index contributed by atoms with van der Waals surface area (Å²) in [6.07, 6.45) is 6.00. The number of nitrogens with one attached hydrogen (secondary N) is 2. The minimum absolute atomic E-state index is 0.0172. The first kappa shape index (κ1) is 14.3. The molecule has 0 aromatic heterocycles. The van der Waals surface area contributed by atoms with Crippen molar-refractivity contribution >= 4 is 6.03 Å². The fourth-order valence-corrected chi connectivity index (χ4v) is 3.07. The highest BCUT2D eigenvalue weighted by Crippen LogP contribution is 2.45. The molecule has 1 atom stereocenters. The lowest BCUT2D eigenvalue weighted by Gasteiger charge is -2.42. The summed E-state index contributed by atoms with van der Waals surface area (Å²) >= 11 is 0. The molecule has 3 heteroatoms. The van der Waals surface area contributed by atoms with Crippen molar-refractivity contribution in [1.82, 2.24) is 10.6 Å². The highest BCUT2D eigenvalue weighted by Gasteiger charge is 2.36. The molecule has 0 saturated heterocycles. The zero-order valence-corrected chi connectivity index (χ0v) is 11.9. The Balaban J connectivity index is 2.36. The fourth-order valence-electron chi connectivity index (χ4n) is 3.07. The van der Waals surface area contributed by atoms with E-state index in [1.54, 1.807) is 0 Å². The van der Waals surface area contributed by atoms with Crippen LogP contribution in [0.3, 0.4) is 0 Å². The number of hydrogen-bond acceptors (Lipinski definition) is 1. The van der Waals surface area contributed by atoms with E-state index in [1.165, 1.54) is 25.7 Å². The third-order valence-corrected chi connectivity index (χ3v) is 3.75. The van der Waals surface area contributed by atoms with Crippen molar-refractivity contribution in [2.24, 2.45) is 10.8 Å². The number of carbonyl (C=O) groups is 1. The molecule has 17 heavy (non-hydrogen) atoms. The van der Waals surface area contributed by atoms with Crippen molar-refractivity contribution in [2.75, 3.05) is 13.1 Å². The topological polar surface area (TPSA) is 41.1 Å². The molecule has 1 saturated carbocycles. The van der Waals surface area contributed by atoms with Crippen LogP contribution in [0.15, 0.2) is 0 Å². The number of carbonyl (C=O) groups excluding carboxylic acids is 1. The van der Waals surface area contributed by atoms with Crippen molar-refractivity contribution in [2.45, 2.75) is 59.8 Å². The lowest BCUT2D eigenvalue weighted by molar-refractivity contribution is 0.0997. The summed E-state index contributed by atoms with van der Waals surface area (Å²) in [6, 6.07) is -0.0172. The molecule has 0 aliphatic heterocycles. The molecule has 0 heterocycles. The normalized spacial score (nSPS) is 27.5. The third kappa shape index (κ3) is 4.97. The van der Waals surface area contributed by atoms with Crippen LogP contribution in [0.5, 0.6) is 0 Å². The van der Waals surface area contributed by atoms with Crippen LogP contribution in [0.4, 0.5) is 4.79 Å². The summed E-state index contributed by atoms with van der Waals surface area (Å²) in [5, 5.41) is 5.88. The van der Waals surface area contributed by atoms with E-state index in [0.29, 0.717) is 5.41 Å². The van der Waals surface area contributed by atoms with E-state index >= 15 is 0 Å². The van der Waals surface area contributed by atoms with Gasteiger partial charge in [-0.25, -0.2) is 4.79 Å². The monoisotopic (exact) mass is 240 g/mol. The minimum atomic E-state index is -0.0172. The summed E-state index contributed by atoms with van der Waals surface area (Å²) in [5.74, 6) is 0. The van der Waals surface area contributed by atoms with E-state index < -0.39 is 0 Å². The van der Waals surface area contributed by atoms with E-state index in [2.05, 4.69) is 38.3 Å². The summed E-state index contributed by atoms with van der Waals surface area (Å²) in [5.41, 5.74) is 0.694. The van der Waals surface area contributed by atoms with Gasteiger partial charge in [0.05, 0.1) is 0 Å². The van der Waals surface area contributed by atoms with Crippen LogP contribution in [-0.4, -0.2) is 19.1 Å². The molecule has 0 spiro atoms. The van der Waals surface area contributed by atoms with Gasteiger partial charge >= 0.3 is 6.03 Å². The van der Waals surface area contributed by atoms with Gasteiger partial charge in [-0.3, -0.25) is 0 Å². The van der Waals surface area contributed by atoms with Gasteiger partial charge in [-0.1, -0.05) is 34.1 Å². The molecular weight excluding hydrogens is 212 g/mol. The Bertz CT molecular complexity index is 263. The Hall–Kier alpha value is -0.730. The predicted molar refractivity (Wildman–Crippen MR) is 72.0 cm³/mol. The van der Waals surface area contributed by atoms with Crippen molar-refractivity contribution < 1.29 is 4.79 Å². The lowest BCUT2D eigenvalue weighted by atomic mass is 9.64. The van der Waals surface area contributed by atoms with Crippen molar-refractivity contribution in [3.8, 4) is 0 Å². The van der Waals surface area contributed by atoms with Gasteiger partial charge in [0, 0.05) is 13.1 Å². The number of amides is 2. The SMILES string of the molecule is CCCNC(=O)NCC1(C)CCCC(C)(C)C1. The molecule has 1 aliphatic rings. The Labute approximate surface area is 106 Å². The molecule has 3 nitrogen and oxygen atoms in total. The molecule has 2 N–H and O–H groups in total. The van der Waals surface area contributed by atoms with Gasteiger partial charge in [0.2, 0.25) is 0 Å². The van der Waals surface area contributed by atoms with Crippen molar-refractivity contribution in [3.05, 3.63) is 0 Å². The second-order valence-corrected chi connectivity index (χ2v) is 6.61. The van der Waals surface area contributed by atoms with E-state index in [0.717, 1.165) is 19.5 Å². The standard InChI is InChI=1S/C14H28N2O/c1-5-9-15-12(17)16-11-14(4)8-6-7-13(2,3)10-14/h5-11H2,1-4H3,(H2,15,16,17). The summed E-state index contributed by atoms with van der Waals surface area (Å²) in [7, 11) is 0.